The van der Waals surface area contributed by atoms with Crippen LogP contribution in [0, 0.1) is 10.1 Å². The Morgan fingerprint density at radius 2 is 1.80 bits per heavy atom. The van der Waals surface area contributed by atoms with Crippen molar-refractivity contribution in [3.8, 4) is 17.2 Å². The average Bonchev–Trinajstić information content (AvgIpc) is 2.41. The molecule has 1 aromatic carbocycles. The molecule has 0 saturated heterocycles. The van der Waals surface area contributed by atoms with Gasteiger partial charge >= 0.3 is 0 Å². The highest BCUT2D eigenvalue weighted by Gasteiger charge is 2.13. The number of rotatable bonds is 7. The first-order chi connectivity index (χ1) is 9.53. The smallest absolute Gasteiger partial charge is 0.243 e. The Bertz CT molecular complexity index is 511. The molecule has 20 heavy (non-hydrogen) atoms. The Hall–Kier alpha value is -2.24. The second-order valence-electron chi connectivity index (χ2n) is 3.95. The fraction of sp³-hybridized carbons (Fsp3) is 0.429. The molecule has 0 atom stereocenters. The lowest BCUT2D eigenvalue weighted by molar-refractivity contribution is -0.422. The molecule has 0 N–H and O–H groups in total. The third-order valence-electron chi connectivity index (χ3n) is 2.55. The van der Waals surface area contributed by atoms with E-state index in [0.29, 0.717) is 36.0 Å². The van der Waals surface area contributed by atoms with Crippen LogP contribution in [0.2, 0.25) is 0 Å². The van der Waals surface area contributed by atoms with Crippen molar-refractivity contribution in [1.29, 1.82) is 0 Å². The molecular formula is C14H19NO5. The second kappa shape index (κ2) is 7.37. The van der Waals surface area contributed by atoms with E-state index < -0.39 is 4.92 Å². The fourth-order valence-corrected chi connectivity index (χ4v) is 1.66. The first kappa shape index (κ1) is 15.8. The minimum absolute atomic E-state index is 0.0252. The number of allylic oxidation sites excluding steroid dienone is 1. The Kier molecular flexibility index (Phi) is 5.83. The van der Waals surface area contributed by atoms with Crippen LogP contribution in [0.5, 0.6) is 17.2 Å². The maximum atomic E-state index is 10.7. The van der Waals surface area contributed by atoms with Crippen molar-refractivity contribution in [2.45, 2.75) is 20.8 Å². The summed E-state index contributed by atoms with van der Waals surface area (Å²) >= 11 is 0. The Morgan fingerprint density at radius 1 is 1.20 bits per heavy atom. The molecule has 0 aromatic heterocycles. The van der Waals surface area contributed by atoms with Gasteiger partial charge in [-0.15, -0.1) is 0 Å². The van der Waals surface area contributed by atoms with Crippen LogP contribution in [-0.2, 0) is 0 Å². The van der Waals surface area contributed by atoms with E-state index in [-0.39, 0.29) is 5.70 Å². The number of ether oxygens (including phenoxy) is 3. The summed E-state index contributed by atoms with van der Waals surface area (Å²) in [6.45, 7) is 6.09. The molecule has 0 bridgehead atoms. The van der Waals surface area contributed by atoms with Crippen LogP contribution in [0.25, 0.3) is 6.08 Å². The zero-order valence-electron chi connectivity index (χ0n) is 12.1. The number of nitro groups is 1. The van der Waals surface area contributed by atoms with Crippen LogP contribution in [0.3, 0.4) is 0 Å². The predicted octanol–water partition coefficient (Wildman–Crippen LogP) is 3.13. The maximum absolute atomic E-state index is 10.7. The molecule has 0 fully saturated rings. The topological polar surface area (TPSA) is 70.8 Å². The fourth-order valence-electron chi connectivity index (χ4n) is 1.66. The van der Waals surface area contributed by atoms with E-state index in [0.717, 1.165) is 0 Å². The van der Waals surface area contributed by atoms with Gasteiger partial charge in [0, 0.05) is 24.6 Å². The zero-order chi connectivity index (χ0) is 15.1. The summed E-state index contributed by atoms with van der Waals surface area (Å²) in [6, 6.07) is 3.36. The molecule has 0 heterocycles. The summed E-state index contributed by atoms with van der Waals surface area (Å²) < 4.78 is 16.2. The maximum Gasteiger partial charge on any atom is 0.243 e. The van der Waals surface area contributed by atoms with Gasteiger partial charge in [0.2, 0.25) is 5.70 Å². The van der Waals surface area contributed by atoms with Crippen LogP contribution in [0.4, 0.5) is 0 Å². The monoisotopic (exact) mass is 281 g/mol. The number of methoxy groups -OCH3 is 1. The van der Waals surface area contributed by atoms with E-state index in [1.807, 2.05) is 13.8 Å². The normalized spacial score (nSPS) is 11.1. The molecular weight excluding hydrogens is 262 g/mol. The Labute approximate surface area is 118 Å². The average molecular weight is 281 g/mol. The molecule has 0 radical (unpaired) electrons. The Balaban J connectivity index is 3.33. The van der Waals surface area contributed by atoms with Gasteiger partial charge in [-0.3, -0.25) is 10.1 Å². The first-order valence-electron chi connectivity index (χ1n) is 6.33. The van der Waals surface area contributed by atoms with Crippen molar-refractivity contribution in [2.24, 2.45) is 0 Å². The lowest BCUT2D eigenvalue weighted by Crippen LogP contribution is -2.00. The molecule has 0 aliphatic carbocycles. The van der Waals surface area contributed by atoms with E-state index in [1.165, 1.54) is 20.1 Å². The van der Waals surface area contributed by atoms with E-state index in [2.05, 4.69) is 0 Å². The molecule has 0 spiro atoms. The molecule has 0 saturated carbocycles. The third-order valence-corrected chi connectivity index (χ3v) is 2.55. The lowest BCUT2D eigenvalue weighted by atomic mass is 10.1. The van der Waals surface area contributed by atoms with Crippen LogP contribution in [-0.4, -0.2) is 25.2 Å². The molecule has 0 unspecified atom stereocenters. The van der Waals surface area contributed by atoms with E-state index in [9.17, 15) is 10.1 Å². The van der Waals surface area contributed by atoms with Crippen molar-refractivity contribution in [1.82, 2.24) is 0 Å². The molecule has 6 nitrogen and oxygen atoms in total. The Morgan fingerprint density at radius 3 is 2.30 bits per heavy atom. The summed E-state index contributed by atoms with van der Waals surface area (Å²) in [5.41, 5.74) is 0.610. The van der Waals surface area contributed by atoms with Gasteiger partial charge in [-0.1, -0.05) is 0 Å². The highest BCUT2D eigenvalue weighted by atomic mass is 16.6. The van der Waals surface area contributed by atoms with Gasteiger partial charge in [0.1, 0.15) is 5.75 Å². The minimum Gasteiger partial charge on any atom is -0.493 e. The van der Waals surface area contributed by atoms with Crippen LogP contribution in [0.15, 0.2) is 17.8 Å². The number of benzene rings is 1. The van der Waals surface area contributed by atoms with Gasteiger partial charge in [-0.2, -0.15) is 0 Å². The lowest BCUT2D eigenvalue weighted by Gasteiger charge is -2.14. The van der Waals surface area contributed by atoms with Crippen molar-refractivity contribution < 1.29 is 19.1 Å². The van der Waals surface area contributed by atoms with Crippen LogP contribution >= 0.6 is 0 Å². The van der Waals surface area contributed by atoms with Crippen LogP contribution in [0.1, 0.15) is 26.3 Å². The van der Waals surface area contributed by atoms with E-state index >= 15 is 0 Å². The largest absolute Gasteiger partial charge is 0.493 e. The number of hydrogen-bond acceptors (Lipinski definition) is 5. The second-order valence-corrected chi connectivity index (χ2v) is 3.95. The van der Waals surface area contributed by atoms with Crippen LogP contribution < -0.4 is 14.2 Å². The highest BCUT2D eigenvalue weighted by molar-refractivity contribution is 5.64. The molecule has 1 rings (SSSR count). The summed E-state index contributed by atoms with van der Waals surface area (Å²) in [4.78, 5) is 10.3. The van der Waals surface area contributed by atoms with Gasteiger partial charge in [0.25, 0.3) is 0 Å². The highest BCUT2D eigenvalue weighted by Crippen LogP contribution is 2.36. The number of hydrogen-bond donors (Lipinski definition) is 0. The molecule has 0 aliphatic rings. The van der Waals surface area contributed by atoms with Gasteiger partial charge in [0.05, 0.1) is 25.2 Å². The summed E-state index contributed by atoms with van der Waals surface area (Å²) in [5, 5.41) is 10.7. The van der Waals surface area contributed by atoms with Crippen molar-refractivity contribution in [3.63, 3.8) is 0 Å². The summed E-state index contributed by atoms with van der Waals surface area (Å²) in [7, 11) is 1.52. The minimum atomic E-state index is -0.446. The standard InChI is InChI=1S/C14H19NO5/c1-5-19-12-9-14(20-6-2)13(18-4)8-11(12)7-10(3)15(16)17/h7-9H,5-6H2,1-4H3/b10-7+. The summed E-state index contributed by atoms with van der Waals surface area (Å²) in [6.07, 6.45) is 1.45. The molecule has 1 aromatic rings. The van der Waals surface area contributed by atoms with Gasteiger partial charge in [-0.05, 0) is 19.9 Å². The SMILES string of the molecule is CCOc1cc(OCC)c(OC)cc1/C=C(\C)[N+](=O)[O-]. The van der Waals surface area contributed by atoms with E-state index in [1.54, 1.807) is 12.1 Å². The predicted molar refractivity (Wildman–Crippen MR) is 76.0 cm³/mol. The van der Waals surface area contributed by atoms with E-state index in [4.69, 9.17) is 14.2 Å². The van der Waals surface area contributed by atoms with Crippen molar-refractivity contribution in [2.75, 3.05) is 20.3 Å². The quantitative estimate of drug-likeness (QED) is 0.567. The zero-order valence-corrected chi connectivity index (χ0v) is 12.1. The molecule has 0 aliphatic heterocycles. The molecule has 6 heteroatoms. The van der Waals surface area contributed by atoms with Crippen molar-refractivity contribution >= 4 is 6.08 Å². The third kappa shape index (κ3) is 3.88. The molecule has 110 valence electrons. The van der Waals surface area contributed by atoms with Gasteiger partial charge in [0.15, 0.2) is 11.5 Å². The molecule has 0 amide bonds. The van der Waals surface area contributed by atoms with Gasteiger partial charge < -0.3 is 14.2 Å². The van der Waals surface area contributed by atoms with Gasteiger partial charge in [-0.25, -0.2) is 0 Å². The number of nitrogens with zero attached hydrogens (tertiary/aromatic N) is 1. The van der Waals surface area contributed by atoms with Crippen molar-refractivity contribution in [3.05, 3.63) is 33.5 Å². The summed E-state index contributed by atoms with van der Waals surface area (Å²) in [5.74, 6) is 1.59. The first-order valence-corrected chi connectivity index (χ1v) is 6.33.